The number of aromatic nitrogens is 3. The number of benzene rings is 2. The molecular formula is C24H26N4O3. The summed E-state index contributed by atoms with van der Waals surface area (Å²) in [6.07, 6.45) is 2.96. The average Bonchev–Trinajstić information content (AvgIpc) is 3.14. The first-order valence-electron chi connectivity index (χ1n) is 10.2. The molecule has 0 spiro atoms. The number of hydrogen-bond donors (Lipinski definition) is 1. The molecule has 2 aromatic carbocycles. The Morgan fingerprint density at radius 3 is 2.65 bits per heavy atom. The first-order valence-corrected chi connectivity index (χ1v) is 10.2. The summed E-state index contributed by atoms with van der Waals surface area (Å²) in [6.45, 7) is 1.39. The van der Waals surface area contributed by atoms with E-state index in [1.165, 1.54) is 6.07 Å². The molecule has 0 aliphatic rings. The van der Waals surface area contributed by atoms with Gasteiger partial charge >= 0.3 is 0 Å². The van der Waals surface area contributed by atoms with Crippen LogP contribution in [0.3, 0.4) is 0 Å². The van der Waals surface area contributed by atoms with Gasteiger partial charge in [0.2, 0.25) is 0 Å². The van der Waals surface area contributed by atoms with Gasteiger partial charge in [-0.15, -0.1) is 0 Å². The standard InChI is InChI=1S/C24H26N4O3/c1-26(2)15-21(29)16-28-23-9-8-20(12-19(23)14-25-28)27-11-10-22(13-24(27)30)31-17-18-6-4-3-5-7-18/h3-14,21,29H,15-17H2,1-2H3/t21-/m0/s1. The molecule has 0 fully saturated rings. The Bertz CT molecular complexity index is 1210. The third-order valence-corrected chi connectivity index (χ3v) is 5.00. The van der Waals surface area contributed by atoms with Gasteiger partial charge in [-0.25, -0.2) is 0 Å². The number of likely N-dealkylation sites (N-methyl/N-ethyl adjacent to an activating group) is 1. The molecule has 0 aliphatic heterocycles. The second-order valence-corrected chi connectivity index (χ2v) is 7.83. The molecule has 31 heavy (non-hydrogen) atoms. The molecule has 7 nitrogen and oxygen atoms in total. The van der Waals surface area contributed by atoms with E-state index < -0.39 is 6.10 Å². The Labute approximate surface area is 180 Å². The number of rotatable bonds is 8. The van der Waals surface area contributed by atoms with Gasteiger partial charge < -0.3 is 14.7 Å². The molecule has 0 amide bonds. The van der Waals surface area contributed by atoms with Gasteiger partial charge in [-0.3, -0.25) is 14.0 Å². The highest BCUT2D eigenvalue weighted by Crippen LogP contribution is 2.19. The lowest BCUT2D eigenvalue weighted by atomic mass is 10.2. The molecule has 160 valence electrons. The van der Waals surface area contributed by atoms with Crippen molar-refractivity contribution in [3.05, 3.63) is 89.0 Å². The number of hydrogen-bond acceptors (Lipinski definition) is 5. The van der Waals surface area contributed by atoms with Crippen LogP contribution in [-0.4, -0.2) is 51.1 Å². The van der Waals surface area contributed by atoms with Gasteiger partial charge in [-0.05, 0) is 43.9 Å². The maximum absolute atomic E-state index is 12.7. The predicted molar refractivity (Wildman–Crippen MR) is 121 cm³/mol. The smallest absolute Gasteiger partial charge is 0.258 e. The van der Waals surface area contributed by atoms with E-state index in [9.17, 15) is 9.90 Å². The van der Waals surface area contributed by atoms with Gasteiger partial charge in [0, 0.05) is 29.9 Å². The number of nitrogens with zero attached hydrogens (tertiary/aromatic N) is 4. The number of pyridine rings is 1. The van der Waals surface area contributed by atoms with Crippen molar-refractivity contribution in [1.29, 1.82) is 0 Å². The molecule has 4 rings (SSSR count). The number of ether oxygens (including phenoxy) is 1. The Kier molecular flexibility index (Phi) is 6.16. The summed E-state index contributed by atoms with van der Waals surface area (Å²) in [5, 5.41) is 15.5. The van der Waals surface area contributed by atoms with Crippen LogP contribution in [0.25, 0.3) is 16.6 Å². The van der Waals surface area contributed by atoms with Gasteiger partial charge in [0.1, 0.15) is 12.4 Å². The lowest BCUT2D eigenvalue weighted by Gasteiger charge is -2.16. The highest BCUT2D eigenvalue weighted by Gasteiger charge is 2.11. The molecule has 0 saturated heterocycles. The maximum Gasteiger partial charge on any atom is 0.258 e. The van der Waals surface area contributed by atoms with Crippen LogP contribution in [0.2, 0.25) is 0 Å². The van der Waals surface area contributed by atoms with Crippen molar-refractivity contribution >= 4 is 10.9 Å². The summed E-state index contributed by atoms with van der Waals surface area (Å²) in [6, 6.07) is 18.8. The molecule has 1 atom stereocenters. The Morgan fingerprint density at radius 1 is 1.10 bits per heavy atom. The molecule has 0 saturated carbocycles. The molecule has 0 bridgehead atoms. The maximum atomic E-state index is 12.7. The number of aliphatic hydroxyl groups excluding tert-OH is 1. The fourth-order valence-corrected chi connectivity index (χ4v) is 3.55. The second-order valence-electron chi connectivity index (χ2n) is 7.83. The molecule has 2 heterocycles. The largest absolute Gasteiger partial charge is 0.489 e. The minimum absolute atomic E-state index is 0.168. The van der Waals surface area contributed by atoms with Crippen LogP contribution in [0.1, 0.15) is 5.56 Å². The Morgan fingerprint density at radius 2 is 1.90 bits per heavy atom. The summed E-state index contributed by atoms with van der Waals surface area (Å²) in [7, 11) is 3.85. The number of fused-ring (bicyclic) bond motifs is 1. The van der Waals surface area contributed by atoms with Crippen LogP contribution in [0, 0.1) is 0 Å². The Balaban J connectivity index is 1.51. The summed E-state index contributed by atoms with van der Waals surface area (Å²) >= 11 is 0. The van der Waals surface area contributed by atoms with Crippen molar-refractivity contribution in [2.75, 3.05) is 20.6 Å². The van der Waals surface area contributed by atoms with Crippen molar-refractivity contribution in [3.8, 4) is 11.4 Å². The molecule has 2 aromatic heterocycles. The highest BCUT2D eigenvalue weighted by molar-refractivity contribution is 5.80. The van der Waals surface area contributed by atoms with Crippen molar-refractivity contribution in [3.63, 3.8) is 0 Å². The van der Waals surface area contributed by atoms with Crippen molar-refractivity contribution in [2.45, 2.75) is 19.3 Å². The van der Waals surface area contributed by atoms with Crippen molar-refractivity contribution in [1.82, 2.24) is 19.2 Å². The quantitative estimate of drug-likeness (QED) is 0.476. The van der Waals surface area contributed by atoms with Gasteiger partial charge in [-0.1, -0.05) is 30.3 Å². The predicted octanol–water partition coefficient (Wildman–Crippen LogP) is 2.69. The molecule has 1 N–H and O–H groups in total. The molecule has 0 unspecified atom stereocenters. The van der Waals surface area contributed by atoms with Crippen LogP contribution < -0.4 is 10.3 Å². The highest BCUT2D eigenvalue weighted by atomic mass is 16.5. The lowest BCUT2D eigenvalue weighted by Crippen LogP contribution is -2.29. The first kappa shape index (κ1) is 20.8. The average molecular weight is 418 g/mol. The topological polar surface area (TPSA) is 72.5 Å². The molecule has 7 heteroatoms. The molecule has 0 aliphatic carbocycles. The van der Waals surface area contributed by atoms with E-state index in [0.717, 1.165) is 22.2 Å². The van der Waals surface area contributed by atoms with Crippen LogP contribution >= 0.6 is 0 Å². The van der Waals surface area contributed by atoms with Crippen LogP contribution in [0.4, 0.5) is 0 Å². The van der Waals surface area contributed by atoms with Crippen LogP contribution in [0.15, 0.2) is 77.9 Å². The zero-order valence-corrected chi connectivity index (χ0v) is 17.7. The lowest BCUT2D eigenvalue weighted by molar-refractivity contribution is 0.117. The van der Waals surface area contributed by atoms with E-state index in [-0.39, 0.29) is 5.56 Å². The van der Waals surface area contributed by atoms with E-state index in [1.807, 2.05) is 67.5 Å². The zero-order chi connectivity index (χ0) is 21.8. The molecule has 0 radical (unpaired) electrons. The summed E-state index contributed by atoms with van der Waals surface area (Å²) in [4.78, 5) is 14.6. The fourth-order valence-electron chi connectivity index (χ4n) is 3.55. The van der Waals surface area contributed by atoms with Crippen molar-refractivity contribution < 1.29 is 9.84 Å². The number of aliphatic hydroxyl groups is 1. The van der Waals surface area contributed by atoms with E-state index in [2.05, 4.69) is 5.10 Å². The zero-order valence-electron chi connectivity index (χ0n) is 17.7. The van der Waals surface area contributed by atoms with E-state index >= 15 is 0 Å². The van der Waals surface area contributed by atoms with Gasteiger partial charge in [0.25, 0.3) is 5.56 Å². The molecule has 4 aromatic rings. The van der Waals surface area contributed by atoms with E-state index in [4.69, 9.17) is 4.74 Å². The normalized spacial score (nSPS) is 12.4. The monoisotopic (exact) mass is 418 g/mol. The van der Waals surface area contributed by atoms with Crippen LogP contribution in [0.5, 0.6) is 5.75 Å². The van der Waals surface area contributed by atoms with E-state index in [0.29, 0.717) is 25.4 Å². The Hall–Kier alpha value is -3.42. The SMILES string of the molecule is CN(C)C[C@H](O)Cn1ncc2cc(-n3ccc(OCc4ccccc4)cc3=O)ccc21. The minimum atomic E-state index is -0.510. The van der Waals surface area contributed by atoms with Gasteiger partial charge in [-0.2, -0.15) is 5.10 Å². The van der Waals surface area contributed by atoms with E-state index in [1.54, 1.807) is 27.7 Å². The van der Waals surface area contributed by atoms with Crippen LogP contribution in [-0.2, 0) is 13.2 Å². The first-order chi connectivity index (χ1) is 15.0. The van der Waals surface area contributed by atoms with Gasteiger partial charge in [0.05, 0.1) is 24.4 Å². The summed E-state index contributed by atoms with van der Waals surface area (Å²) < 4.78 is 9.11. The van der Waals surface area contributed by atoms with Gasteiger partial charge in [0.15, 0.2) is 0 Å². The second kappa shape index (κ2) is 9.16. The molecular weight excluding hydrogens is 392 g/mol. The third kappa shape index (κ3) is 5.02. The fraction of sp³-hybridized carbons (Fsp3) is 0.250. The summed E-state index contributed by atoms with van der Waals surface area (Å²) in [5.41, 5.74) is 2.54. The summed E-state index contributed by atoms with van der Waals surface area (Å²) in [5.74, 6) is 0.536. The third-order valence-electron chi connectivity index (χ3n) is 5.00. The van der Waals surface area contributed by atoms with Crippen molar-refractivity contribution in [2.24, 2.45) is 0 Å². The minimum Gasteiger partial charge on any atom is -0.489 e.